The second-order valence-corrected chi connectivity index (χ2v) is 5.39. The third-order valence-corrected chi connectivity index (χ3v) is 3.68. The van der Waals surface area contributed by atoms with Gasteiger partial charge in [-0.3, -0.25) is 4.79 Å². The van der Waals surface area contributed by atoms with Crippen molar-refractivity contribution in [3.63, 3.8) is 0 Å². The summed E-state index contributed by atoms with van der Waals surface area (Å²) in [5.41, 5.74) is -2.72. The van der Waals surface area contributed by atoms with Crippen molar-refractivity contribution in [2.45, 2.75) is 11.5 Å². The summed E-state index contributed by atoms with van der Waals surface area (Å²) in [6, 6.07) is 5.72. The monoisotopic (exact) mass is 329 g/mol. The van der Waals surface area contributed by atoms with E-state index < -0.39 is 29.7 Å². The molecule has 0 unspecified atom stereocenters. The fourth-order valence-corrected chi connectivity index (χ4v) is 2.48. The number of carbonyl (C=O) groups is 1. The Kier molecular flexibility index (Phi) is 3.19. The molecule has 1 atom stereocenters. The standard InChI is InChI=1S/C13H10ClF2N3O3/c1-19-6-12(15,16)13(21,11(19)20)9-5-8(18-22-9)7-3-2-4-10(14)17-7/h2-5,21H,6H2,1H3/t13-/m1/s1. The minimum atomic E-state index is -3.70. The van der Waals surface area contributed by atoms with E-state index in [0.29, 0.717) is 0 Å². The van der Waals surface area contributed by atoms with Gasteiger partial charge in [0.15, 0.2) is 5.76 Å². The second-order valence-electron chi connectivity index (χ2n) is 5.00. The molecule has 0 saturated carbocycles. The van der Waals surface area contributed by atoms with Gasteiger partial charge in [0.1, 0.15) is 10.8 Å². The third-order valence-electron chi connectivity index (χ3n) is 3.47. The molecule has 0 aliphatic carbocycles. The van der Waals surface area contributed by atoms with Crippen LogP contribution in [0.1, 0.15) is 5.76 Å². The molecule has 3 rings (SSSR count). The predicted molar refractivity (Wildman–Crippen MR) is 71.2 cm³/mol. The Morgan fingerprint density at radius 3 is 2.73 bits per heavy atom. The minimum absolute atomic E-state index is 0.0871. The van der Waals surface area contributed by atoms with Crippen molar-refractivity contribution in [1.29, 1.82) is 0 Å². The van der Waals surface area contributed by atoms with E-state index in [0.717, 1.165) is 11.0 Å². The van der Waals surface area contributed by atoms with Crippen LogP contribution in [0.15, 0.2) is 28.8 Å². The first-order valence-corrected chi connectivity index (χ1v) is 6.59. The van der Waals surface area contributed by atoms with Crippen LogP contribution in [0.25, 0.3) is 11.4 Å². The summed E-state index contributed by atoms with van der Waals surface area (Å²) in [5.74, 6) is -5.49. The van der Waals surface area contributed by atoms with Crippen LogP contribution in [0.4, 0.5) is 8.78 Å². The summed E-state index contributed by atoms with van der Waals surface area (Å²) in [6.07, 6.45) is 0. The zero-order valence-electron chi connectivity index (χ0n) is 11.3. The summed E-state index contributed by atoms with van der Waals surface area (Å²) < 4.78 is 32.8. The van der Waals surface area contributed by atoms with Crippen LogP contribution < -0.4 is 0 Å². The topological polar surface area (TPSA) is 79.5 Å². The summed E-state index contributed by atoms with van der Waals surface area (Å²) in [6.45, 7) is -0.909. The van der Waals surface area contributed by atoms with Crippen molar-refractivity contribution in [3.05, 3.63) is 35.2 Å². The van der Waals surface area contributed by atoms with Crippen LogP contribution in [0.2, 0.25) is 5.15 Å². The van der Waals surface area contributed by atoms with E-state index >= 15 is 0 Å². The van der Waals surface area contributed by atoms with Crippen LogP contribution >= 0.6 is 11.6 Å². The smallest absolute Gasteiger partial charge is 0.309 e. The van der Waals surface area contributed by atoms with Crippen molar-refractivity contribution in [2.75, 3.05) is 13.6 Å². The van der Waals surface area contributed by atoms with Gasteiger partial charge < -0.3 is 14.5 Å². The number of amides is 1. The van der Waals surface area contributed by atoms with Gasteiger partial charge >= 0.3 is 5.92 Å². The molecule has 1 saturated heterocycles. The van der Waals surface area contributed by atoms with Gasteiger partial charge in [0, 0.05) is 13.1 Å². The number of hydrogen-bond donors (Lipinski definition) is 1. The van der Waals surface area contributed by atoms with E-state index in [1.165, 1.54) is 19.2 Å². The zero-order chi connectivity index (χ0) is 16.1. The van der Waals surface area contributed by atoms with Crippen LogP contribution in [0.5, 0.6) is 0 Å². The molecule has 1 N–H and O–H groups in total. The average molecular weight is 330 g/mol. The molecule has 2 aromatic heterocycles. The second kappa shape index (κ2) is 4.72. The molecule has 0 bridgehead atoms. The van der Waals surface area contributed by atoms with Crippen molar-refractivity contribution in [1.82, 2.24) is 15.0 Å². The van der Waals surface area contributed by atoms with E-state index in [-0.39, 0.29) is 16.5 Å². The number of nitrogens with zero attached hydrogens (tertiary/aromatic N) is 3. The minimum Gasteiger partial charge on any atom is -0.368 e. The highest BCUT2D eigenvalue weighted by molar-refractivity contribution is 6.29. The fraction of sp³-hybridized carbons (Fsp3) is 0.308. The highest BCUT2D eigenvalue weighted by Gasteiger charge is 2.68. The molecule has 1 fully saturated rings. The highest BCUT2D eigenvalue weighted by atomic mass is 35.5. The van der Waals surface area contributed by atoms with Crippen LogP contribution in [-0.2, 0) is 10.4 Å². The van der Waals surface area contributed by atoms with Gasteiger partial charge in [-0.1, -0.05) is 22.8 Å². The lowest BCUT2D eigenvalue weighted by Crippen LogP contribution is -2.46. The average Bonchev–Trinajstić information content (AvgIpc) is 2.99. The molecule has 116 valence electrons. The number of carbonyl (C=O) groups excluding carboxylic acids is 1. The Bertz CT molecular complexity index is 752. The molecular formula is C13H10ClF2N3O3. The lowest BCUT2D eigenvalue weighted by atomic mass is 9.95. The summed E-state index contributed by atoms with van der Waals surface area (Å²) >= 11 is 5.74. The Morgan fingerprint density at radius 1 is 1.41 bits per heavy atom. The van der Waals surface area contributed by atoms with Gasteiger partial charge in [-0.25, -0.2) is 13.8 Å². The lowest BCUT2D eigenvalue weighted by molar-refractivity contribution is -0.179. The molecule has 6 nitrogen and oxygen atoms in total. The van der Waals surface area contributed by atoms with Gasteiger partial charge in [0.25, 0.3) is 11.5 Å². The van der Waals surface area contributed by atoms with E-state index in [4.69, 9.17) is 16.1 Å². The molecule has 9 heteroatoms. The Labute approximate surface area is 128 Å². The Hall–Kier alpha value is -2.06. The number of aliphatic hydroxyl groups is 1. The first-order chi connectivity index (χ1) is 10.3. The van der Waals surface area contributed by atoms with E-state index in [2.05, 4.69) is 10.1 Å². The molecule has 1 amide bonds. The third kappa shape index (κ3) is 1.98. The largest absolute Gasteiger partial charge is 0.368 e. The number of likely N-dealkylation sites (N-methyl/N-ethyl adjacent to an activating group) is 1. The molecule has 3 heterocycles. The number of pyridine rings is 1. The molecule has 1 aliphatic heterocycles. The predicted octanol–water partition coefficient (Wildman–Crippen LogP) is 1.68. The molecule has 0 radical (unpaired) electrons. The highest BCUT2D eigenvalue weighted by Crippen LogP contribution is 2.45. The van der Waals surface area contributed by atoms with E-state index in [1.54, 1.807) is 6.07 Å². The maximum absolute atomic E-state index is 14.0. The van der Waals surface area contributed by atoms with Gasteiger partial charge in [-0.05, 0) is 12.1 Å². The van der Waals surface area contributed by atoms with Gasteiger partial charge in [-0.2, -0.15) is 0 Å². The van der Waals surface area contributed by atoms with Crippen LogP contribution in [0.3, 0.4) is 0 Å². The van der Waals surface area contributed by atoms with Crippen molar-refractivity contribution < 1.29 is 23.2 Å². The Balaban J connectivity index is 2.05. The van der Waals surface area contributed by atoms with Gasteiger partial charge in [-0.15, -0.1) is 0 Å². The number of alkyl halides is 2. The summed E-state index contributed by atoms with van der Waals surface area (Å²) in [4.78, 5) is 16.6. The van der Waals surface area contributed by atoms with Crippen molar-refractivity contribution in [2.24, 2.45) is 0 Å². The van der Waals surface area contributed by atoms with E-state index in [9.17, 15) is 18.7 Å². The van der Waals surface area contributed by atoms with Gasteiger partial charge in [0.05, 0.1) is 12.2 Å². The number of aromatic nitrogens is 2. The SMILES string of the molecule is CN1CC(F)(F)[C@@](O)(c2cc(-c3cccc(Cl)n3)no2)C1=O. The van der Waals surface area contributed by atoms with Crippen LogP contribution in [0, 0.1) is 0 Å². The first kappa shape index (κ1) is 14.9. The number of halogens is 3. The van der Waals surface area contributed by atoms with Crippen molar-refractivity contribution >= 4 is 17.5 Å². The van der Waals surface area contributed by atoms with E-state index in [1.807, 2.05) is 0 Å². The molecular weight excluding hydrogens is 320 g/mol. The Morgan fingerprint density at radius 2 is 2.14 bits per heavy atom. The quantitative estimate of drug-likeness (QED) is 0.848. The molecule has 1 aliphatic rings. The zero-order valence-corrected chi connectivity index (χ0v) is 12.0. The number of rotatable bonds is 2. The number of likely N-dealkylation sites (tertiary alicyclic amines) is 1. The summed E-state index contributed by atoms with van der Waals surface area (Å²) in [7, 11) is 1.17. The van der Waals surface area contributed by atoms with Crippen molar-refractivity contribution in [3.8, 4) is 11.4 Å². The molecule has 0 aromatic carbocycles. The maximum Gasteiger partial charge on any atom is 0.309 e. The summed E-state index contributed by atoms with van der Waals surface area (Å²) in [5, 5.41) is 14.0. The van der Waals surface area contributed by atoms with Gasteiger partial charge in [0.2, 0.25) is 0 Å². The first-order valence-electron chi connectivity index (χ1n) is 6.21. The van der Waals surface area contributed by atoms with Crippen LogP contribution in [-0.4, -0.2) is 45.6 Å². The lowest BCUT2D eigenvalue weighted by Gasteiger charge is -2.22. The maximum atomic E-state index is 14.0. The molecule has 22 heavy (non-hydrogen) atoms. The normalized spacial score (nSPS) is 24.0. The molecule has 0 spiro atoms. The molecule has 2 aromatic rings. The number of hydrogen-bond acceptors (Lipinski definition) is 5. The fourth-order valence-electron chi connectivity index (χ4n) is 2.32.